The molecule has 0 amide bonds. The zero-order valence-electron chi connectivity index (χ0n) is 11.2. The minimum absolute atomic E-state index is 0.181. The van der Waals surface area contributed by atoms with Gasteiger partial charge in [-0.1, -0.05) is 23.7 Å². The van der Waals surface area contributed by atoms with Crippen LogP contribution in [0.3, 0.4) is 0 Å². The predicted octanol–water partition coefficient (Wildman–Crippen LogP) is 3.84. The van der Waals surface area contributed by atoms with E-state index in [4.69, 9.17) is 16.0 Å². The quantitative estimate of drug-likeness (QED) is 0.688. The average molecular weight is 289 g/mol. The first-order valence-corrected chi connectivity index (χ1v) is 6.75. The van der Waals surface area contributed by atoms with Gasteiger partial charge >= 0.3 is 0 Å². The largest absolute Gasteiger partial charge is 0.451 e. The number of ketones is 1. The lowest BCUT2D eigenvalue weighted by atomic mass is 10.2. The number of fused-ring (bicyclic) bond motifs is 1. The van der Waals surface area contributed by atoms with Crippen molar-refractivity contribution in [2.45, 2.75) is 20.4 Å². The van der Waals surface area contributed by atoms with E-state index in [1.165, 1.54) is 0 Å². The standard InChI is InChI=1S/C15H13ClN2O2/c1-3-18-12(7-9(2)17-18)14(19)13-8-10-5-4-6-11(16)15(10)20-13/h4-8H,3H2,1-2H3. The second kappa shape index (κ2) is 4.80. The van der Waals surface area contributed by atoms with E-state index in [9.17, 15) is 4.79 Å². The Hall–Kier alpha value is -2.07. The molecule has 102 valence electrons. The lowest BCUT2D eigenvalue weighted by molar-refractivity contribution is 0.100. The van der Waals surface area contributed by atoms with E-state index in [0.717, 1.165) is 11.1 Å². The Morgan fingerprint density at radius 3 is 2.90 bits per heavy atom. The van der Waals surface area contributed by atoms with Gasteiger partial charge < -0.3 is 4.42 Å². The van der Waals surface area contributed by atoms with Crippen molar-refractivity contribution >= 4 is 28.4 Å². The summed E-state index contributed by atoms with van der Waals surface area (Å²) in [6.07, 6.45) is 0. The number of hydrogen-bond donors (Lipinski definition) is 0. The summed E-state index contributed by atoms with van der Waals surface area (Å²) in [5.74, 6) is 0.0995. The number of nitrogens with zero attached hydrogens (tertiary/aromatic N) is 2. The highest BCUT2D eigenvalue weighted by atomic mass is 35.5. The van der Waals surface area contributed by atoms with Crippen molar-refractivity contribution in [3.8, 4) is 0 Å². The lowest BCUT2D eigenvalue weighted by Gasteiger charge is -2.00. The molecule has 0 spiro atoms. The van der Waals surface area contributed by atoms with Crippen LogP contribution in [0.4, 0.5) is 0 Å². The molecule has 20 heavy (non-hydrogen) atoms. The monoisotopic (exact) mass is 288 g/mol. The molecule has 0 saturated carbocycles. The fraction of sp³-hybridized carbons (Fsp3) is 0.200. The molecule has 5 heteroatoms. The van der Waals surface area contributed by atoms with Crippen LogP contribution in [0.25, 0.3) is 11.0 Å². The molecule has 0 aliphatic carbocycles. The maximum Gasteiger partial charge on any atom is 0.246 e. The molecule has 0 atom stereocenters. The van der Waals surface area contributed by atoms with E-state index in [-0.39, 0.29) is 11.5 Å². The Morgan fingerprint density at radius 1 is 1.40 bits per heavy atom. The summed E-state index contributed by atoms with van der Waals surface area (Å²) in [5.41, 5.74) is 1.88. The van der Waals surface area contributed by atoms with Crippen molar-refractivity contribution in [3.63, 3.8) is 0 Å². The van der Waals surface area contributed by atoms with Gasteiger partial charge in [0.1, 0.15) is 5.69 Å². The second-order valence-electron chi connectivity index (χ2n) is 4.58. The fourth-order valence-corrected chi connectivity index (χ4v) is 2.46. The van der Waals surface area contributed by atoms with Crippen LogP contribution in [0.5, 0.6) is 0 Å². The zero-order valence-corrected chi connectivity index (χ0v) is 11.9. The van der Waals surface area contributed by atoms with Gasteiger partial charge in [-0.2, -0.15) is 5.10 Å². The number of para-hydroxylation sites is 1. The van der Waals surface area contributed by atoms with Crippen molar-refractivity contribution in [2.75, 3.05) is 0 Å². The minimum atomic E-state index is -0.181. The number of furan rings is 1. The van der Waals surface area contributed by atoms with Crippen LogP contribution < -0.4 is 0 Å². The fourth-order valence-electron chi connectivity index (χ4n) is 2.23. The number of aryl methyl sites for hydroxylation is 2. The first-order valence-electron chi connectivity index (χ1n) is 6.37. The van der Waals surface area contributed by atoms with Gasteiger partial charge in [0, 0.05) is 11.9 Å². The van der Waals surface area contributed by atoms with E-state index < -0.39 is 0 Å². The van der Waals surface area contributed by atoms with Crippen LogP contribution in [0.1, 0.15) is 28.9 Å². The molecule has 2 aromatic heterocycles. The van der Waals surface area contributed by atoms with Gasteiger partial charge in [0.05, 0.1) is 10.7 Å². The molecular weight excluding hydrogens is 276 g/mol. The first-order chi connectivity index (χ1) is 9.60. The Balaban J connectivity index is 2.10. The van der Waals surface area contributed by atoms with Crippen molar-refractivity contribution in [1.82, 2.24) is 9.78 Å². The molecule has 0 aliphatic rings. The highest BCUT2D eigenvalue weighted by molar-refractivity contribution is 6.35. The summed E-state index contributed by atoms with van der Waals surface area (Å²) >= 11 is 6.06. The molecule has 2 heterocycles. The van der Waals surface area contributed by atoms with Gasteiger partial charge in [-0.15, -0.1) is 0 Å². The van der Waals surface area contributed by atoms with E-state index >= 15 is 0 Å². The summed E-state index contributed by atoms with van der Waals surface area (Å²) in [5, 5.41) is 5.60. The summed E-state index contributed by atoms with van der Waals surface area (Å²) < 4.78 is 7.27. The first kappa shape index (κ1) is 12.9. The Labute approximate surface area is 120 Å². The Bertz CT molecular complexity index is 801. The molecule has 0 saturated heterocycles. The van der Waals surface area contributed by atoms with Gasteiger partial charge in [0.15, 0.2) is 11.3 Å². The number of benzene rings is 1. The lowest BCUT2D eigenvalue weighted by Crippen LogP contribution is -2.09. The van der Waals surface area contributed by atoms with Crippen LogP contribution in [0.2, 0.25) is 5.02 Å². The molecular formula is C15H13ClN2O2. The van der Waals surface area contributed by atoms with E-state index in [0.29, 0.717) is 22.8 Å². The Kier molecular flexibility index (Phi) is 3.10. The molecule has 0 aliphatic heterocycles. The van der Waals surface area contributed by atoms with E-state index in [1.54, 1.807) is 22.9 Å². The molecule has 3 rings (SSSR count). The van der Waals surface area contributed by atoms with Crippen LogP contribution in [-0.2, 0) is 6.54 Å². The van der Waals surface area contributed by atoms with Crippen molar-refractivity contribution in [3.05, 3.63) is 52.5 Å². The van der Waals surface area contributed by atoms with Gasteiger partial charge in [-0.25, -0.2) is 0 Å². The third-order valence-corrected chi connectivity index (χ3v) is 3.45. The van der Waals surface area contributed by atoms with Crippen molar-refractivity contribution in [2.24, 2.45) is 0 Å². The Morgan fingerprint density at radius 2 is 2.20 bits per heavy atom. The molecule has 0 N–H and O–H groups in total. The third kappa shape index (κ3) is 2.02. The summed E-state index contributed by atoms with van der Waals surface area (Å²) in [7, 11) is 0. The topological polar surface area (TPSA) is 48.0 Å². The van der Waals surface area contributed by atoms with Gasteiger partial charge in [-0.05, 0) is 32.0 Å². The molecule has 0 unspecified atom stereocenters. The minimum Gasteiger partial charge on any atom is -0.451 e. The van der Waals surface area contributed by atoms with Gasteiger partial charge in [-0.3, -0.25) is 9.48 Å². The van der Waals surface area contributed by atoms with Crippen LogP contribution >= 0.6 is 11.6 Å². The molecule has 4 nitrogen and oxygen atoms in total. The average Bonchev–Trinajstić information content (AvgIpc) is 3.02. The molecule has 0 fully saturated rings. The highest BCUT2D eigenvalue weighted by Crippen LogP contribution is 2.27. The van der Waals surface area contributed by atoms with Crippen molar-refractivity contribution < 1.29 is 9.21 Å². The smallest absolute Gasteiger partial charge is 0.246 e. The molecule has 0 radical (unpaired) electrons. The van der Waals surface area contributed by atoms with Crippen LogP contribution in [0.15, 0.2) is 34.7 Å². The highest BCUT2D eigenvalue weighted by Gasteiger charge is 2.20. The normalized spacial score (nSPS) is 11.2. The molecule has 0 bridgehead atoms. The number of halogens is 1. The summed E-state index contributed by atoms with van der Waals surface area (Å²) in [4.78, 5) is 12.5. The van der Waals surface area contributed by atoms with Crippen molar-refractivity contribution in [1.29, 1.82) is 0 Å². The summed E-state index contributed by atoms with van der Waals surface area (Å²) in [6, 6.07) is 8.91. The maximum absolute atomic E-state index is 12.5. The third-order valence-electron chi connectivity index (χ3n) is 3.15. The second-order valence-corrected chi connectivity index (χ2v) is 4.99. The number of carbonyl (C=O) groups excluding carboxylic acids is 1. The number of aromatic nitrogens is 2. The number of rotatable bonds is 3. The maximum atomic E-state index is 12.5. The predicted molar refractivity (Wildman–Crippen MR) is 77.3 cm³/mol. The summed E-state index contributed by atoms with van der Waals surface area (Å²) in [6.45, 7) is 4.44. The number of carbonyl (C=O) groups is 1. The zero-order chi connectivity index (χ0) is 14.3. The number of hydrogen-bond acceptors (Lipinski definition) is 3. The van der Waals surface area contributed by atoms with Gasteiger partial charge in [0.25, 0.3) is 0 Å². The molecule has 3 aromatic rings. The van der Waals surface area contributed by atoms with E-state index in [1.807, 2.05) is 26.0 Å². The molecule has 1 aromatic carbocycles. The van der Waals surface area contributed by atoms with Gasteiger partial charge in [0.2, 0.25) is 5.78 Å². The van der Waals surface area contributed by atoms with Crippen LogP contribution in [0, 0.1) is 6.92 Å². The van der Waals surface area contributed by atoms with E-state index in [2.05, 4.69) is 5.10 Å². The van der Waals surface area contributed by atoms with Crippen LogP contribution in [-0.4, -0.2) is 15.6 Å². The SMILES string of the molecule is CCn1nc(C)cc1C(=O)c1cc2cccc(Cl)c2o1.